The van der Waals surface area contributed by atoms with E-state index in [0.29, 0.717) is 0 Å². The lowest BCUT2D eigenvalue weighted by molar-refractivity contribution is 1.44. The van der Waals surface area contributed by atoms with Crippen molar-refractivity contribution < 1.29 is 0 Å². The van der Waals surface area contributed by atoms with Crippen molar-refractivity contribution in [2.24, 2.45) is 0 Å². The lowest BCUT2D eigenvalue weighted by Gasteiger charge is -1.85. The molecule has 0 nitrogen and oxygen atoms in total. The number of rotatable bonds is 3. The lowest BCUT2D eigenvalue weighted by Crippen LogP contribution is -1.65. The first-order valence-corrected chi connectivity index (χ1v) is 3.06. The Morgan fingerprint density at radius 1 is 1.44 bits per heavy atom. The number of hydrogen-bond donors (Lipinski definition) is 0. The zero-order valence-corrected chi connectivity index (χ0v) is 6.09. The Hall–Kier alpha value is -0.780. The first kappa shape index (κ1) is 8.22. The van der Waals surface area contributed by atoms with E-state index in [2.05, 4.69) is 19.6 Å². The molecule has 1 radical (unpaired) electrons. The smallest absolute Gasteiger partial charge is 0.0196 e. The molecule has 0 unspecified atom stereocenters. The van der Waals surface area contributed by atoms with Gasteiger partial charge in [0.15, 0.2) is 0 Å². The highest BCUT2D eigenvalue weighted by molar-refractivity contribution is 5.21. The molecule has 0 saturated heterocycles. The molecule has 0 aromatic heterocycles. The molecular weight excluding hydrogens is 108 g/mol. The maximum absolute atomic E-state index is 3.57. The fraction of sp³-hybridized carbons (Fsp3) is 0.222. The van der Waals surface area contributed by atoms with E-state index in [1.165, 1.54) is 5.57 Å². The molecule has 0 atom stereocenters. The van der Waals surface area contributed by atoms with Crippen LogP contribution in [0.4, 0.5) is 0 Å². The maximum Gasteiger partial charge on any atom is -0.0196 e. The molecule has 9 heavy (non-hydrogen) atoms. The van der Waals surface area contributed by atoms with Crippen molar-refractivity contribution >= 4 is 0 Å². The third kappa shape index (κ3) is 5.09. The van der Waals surface area contributed by atoms with Crippen molar-refractivity contribution in [1.82, 2.24) is 0 Å². The van der Waals surface area contributed by atoms with Crippen LogP contribution < -0.4 is 0 Å². The van der Waals surface area contributed by atoms with Crippen molar-refractivity contribution in [2.75, 3.05) is 0 Å². The molecule has 0 spiro atoms. The van der Waals surface area contributed by atoms with Crippen LogP contribution in [0.1, 0.15) is 13.8 Å². The van der Waals surface area contributed by atoms with Gasteiger partial charge in [-0.1, -0.05) is 43.4 Å². The third-order valence-electron chi connectivity index (χ3n) is 0.925. The molecule has 0 fully saturated rings. The van der Waals surface area contributed by atoms with Crippen LogP contribution in [-0.2, 0) is 0 Å². The Bertz CT molecular complexity index is 127. The topological polar surface area (TPSA) is 0 Å². The van der Waals surface area contributed by atoms with Gasteiger partial charge in [0.25, 0.3) is 0 Å². The van der Waals surface area contributed by atoms with Gasteiger partial charge in [-0.25, -0.2) is 0 Å². The van der Waals surface area contributed by atoms with Gasteiger partial charge in [0.1, 0.15) is 0 Å². The Balaban J connectivity index is 3.74. The van der Waals surface area contributed by atoms with E-state index >= 15 is 0 Å². The molecule has 0 N–H and O–H groups in total. The molecule has 0 aromatic rings. The van der Waals surface area contributed by atoms with E-state index in [9.17, 15) is 0 Å². The summed E-state index contributed by atoms with van der Waals surface area (Å²) in [6.07, 6.45) is 9.79. The first-order chi connectivity index (χ1) is 4.31. The summed E-state index contributed by atoms with van der Waals surface area (Å²) in [7, 11) is 0. The zero-order chi connectivity index (χ0) is 7.11. The van der Waals surface area contributed by atoms with Gasteiger partial charge in [-0.15, -0.1) is 0 Å². The lowest BCUT2D eigenvalue weighted by atomic mass is 10.2. The van der Waals surface area contributed by atoms with Crippen molar-refractivity contribution in [3.8, 4) is 0 Å². The summed E-state index contributed by atoms with van der Waals surface area (Å²) in [6, 6.07) is 0. The second kappa shape index (κ2) is 5.36. The number of allylic oxidation sites excluding steroid dienone is 5. The molecule has 0 amide bonds. The summed E-state index contributed by atoms with van der Waals surface area (Å²) in [5.74, 6) is 0. The average molecular weight is 121 g/mol. The van der Waals surface area contributed by atoms with Gasteiger partial charge < -0.3 is 0 Å². The predicted octanol–water partition coefficient (Wildman–Crippen LogP) is 2.90. The van der Waals surface area contributed by atoms with Crippen molar-refractivity contribution in [1.29, 1.82) is 0 Å². The zero-order valence-electron chi connectivity index (χ0n) is 6.09. The molecule has 0 saturated carbocycles. The van der Waals surface area contributed by atoms with Crippen LogP contribution in [-0.4, -0.2) is 0 Å². The van der Waals surface area contributed by atoms with Gasteiger partial charge in [0.2, 0.25) is 0 Å². The maximum atomic E-state index is 3.57. The monoisotopic (exact) mass is 121 g/mol. The molecule has 0 aliphatic rings. The summed E-state index contributed by atoms with van der Waals surface area (Å²) in [5, 5.41) is 0. The van der Waals surface area contributed by atoms with Crippen molar-refractivity contribution in [3.63, 3.8) is 0 Å². The van der Waals surface area contributed by atoms with Crippen LogP contribution in [0.25, 0.3) is 0 Å². The first-order valence-electron chi connectivity index (χ1n) is 3.06. The molecule has 0 aliphatic carbocycles. The highest BCUT2D eigenvalue weighted by atomic mass is 13.8. The van der Waals surface area contributed by atoms with Crippen LogP contribution >= 0.6 is 0 Å². The molecular formula is C9H13. The minimum Gasteiger partial charge on any atom is -0.0991 e. The minimum absolute atomic E-state index is 1.25. The van der Waals surface area contributed by atoms with Crippen molar-refractivity contribution in [3.05, 3.63) is 42.9 Å². The summed E-state index contributed by atoms with van der Waals surface area (Å²) < 4.78 is 0. The molecule has 0 bridgehead atoms. The summed E-state index contributed by atoms with van der Waals surface area (Å²) in [4.78, 5) is 0. The molecule has 0 heterocycles. The molecule has 49 valence electrons. The normalized spacial score (nSPS) is 12.4. The summed E-state index contributed by atoms with van der Waals surface area (Å²) >= 11 is 0. The van der Waals surface area contributed by atoms with E-state index in [4.69, 9.17) is 0 Å². The SMILES string of the molecule is C=C/C=C\C(C)=C/[CH]C. The van der Waals surface area contributed by atoms with Gasteiger partial charge in [0.05, 0.1) is 0 Å². The molecule has 0 heteroatoms. The quantitative estimate of drug-likeness (QED) is 0.503. The van der Waals surface area contributed by atoms with E-state index in [-0.39, 0.29) is 0 Å². The second-order valence-electron chi connectivity index (χ2n) is 1.84. The fourth-order valence-electron chi connectivity index (χ4n) is 0.538. The van der Waals surface area contributed by atoms with Crippen LogP contribution in [0.3, 0.4) is 0 Å². The minimum atomic E-state index is 1.25. The van der Waals surface area contributed by atoms with Crippen LogP contribution in [0.15, 0.2) is 36.5 Å². The van der Waals surface area contributed by atoms with Crippen LogP contribution in [0.5, 0.6) is 0 Å². The summed E-state index contributed by atoms with van der Waals surface area (Å²) in [5.41, 5.74) is 1.25. The molecule has 0 aromatic carbocycles. The summed E-state index contributed by atoms with van der Waals surface area (Å²) in [6.45, 7) is 7.63. The van der Waals surface area contributed by atoms with E-state index in [1.807, 2.05) is 25.5 Å². The highest BCUT2D eigenvalue weighted by Crippen LogP contribution is 1.95. The largest absolute Gasteiger partial charge is 0.0991 e. The Morgan fingerprint density at radius 3 is 2.56 bits per heavy atom. The van der Waals surface area contributed by atoms with Gasteiger partial charge in [-0.2, -0.15) is 0 Å². The average Bonchev–Trinajstić information content (AvgIpc) is 1.85. The van der Waals surface area contributed by atoms with E-state index in [1.54, 1.807) is 6.08 Å². The second-order valence-corrected chi connectivity index (χ2v) is 1.84. The van der Waals surface area contributed by atoms with Crippen LogP contribution in [0, 0.1) is 6.42 Å². The van der Waals surface area contributed by atoms with Crippen LogP contribution in [0.2, 0.25) is 0 Å². The van der Waals surface area contributed by atoms with Gasteiger partial charge in [-0.05, 0) is 13.3 Å². The Labute approximate surface area is 57.6 Å². The Morgan fingerprint density at radius 2 is 2.11 bits per heavy atom. The van der Waals surface area contributed by atoms with E-state index in [0.717, 1.165) is 0 Å². The molecule has 0 aliphatic heterocycles. The highest BCUT2D eigenvalue weighted by Gasteiger charge is 1.75. The van der Waals surface area contributed by atoms with E-state index < -0.39 is 0 Å². The number of hydrogen-bond acceptors (Lipinski definition) is 0. The van der Waals surface area contributed by atoms with Gasteiger partial charge in [0, 0.05) is 0 Å². The molecule has 0 rings (SSSR count). The van der Waals surface area contributed by atoms with Crippen molar-refractivity contribution in [2.45, 2.75) is 13.8 Å². The third-order valence-corrected chi connectivity index (χ3v) is 0.925. The van der Waals surface area contributed by atoms with Gasteiger partial charge in [-0.3, -0.25) is 0 Å². The fourth-order valence-corrected chi connectivity index (χ4v) is 0.538. The van der Waals surface area contributed by atoms with Gasteiger partial charge >= 0.3 is 0 Å². The predicted molar refractivity (Wildman–Crippen MR) is 43.1 cm³/mol. The Kier molecular flexibility index (Phi) is 4.89. The standard InChI is InChI=1S/C9H13/c1-4-6-8-9(3)7-5-2/h4-8H,1H2,2-3H3/b8-6-,9-7-.